The fraction of sp³-hybridized carbons (Fsp3) is 0.533. The number of primary amides is 1. The van der Waals surface area contributed by atoms with Gasteiger partial charge in [0, 0.05) is 12.5 Å². The van der Waals surface area contributed by atoms with Gasteiger partial charge in [-0.1, -0.05) is 18.6 Å². The van der Waals surface area contributed by atoms with Crippen LogP contribution >= 0.6 is 0 Å². The van der Waals surface area contributed by atoms with Crippen LogP contribution in [0.3, 0.4) is 0 Å². The minimum Gasteiger partial charge on any atom is -0.496 e. The molecule has 1 rings (SSSR count). The van der Waals surface area contributed by atoms with E-state index < -0.39 is 0 Å². The topological polar surface area (TPSA) is 78.3 Å². The van der Waals surface area contributed by atoms with Crippen LogP contribution in [0.25, 0.3) is 0 Å². The highest BCUT2D eigenvalue weighted by Crippen LogP contribution is 2.28. The Labute approximate surface area is 115 Å². The van der Waals surface area contributed by atoms with Crippen molar-refractivity contribution < 1.29 is 9.53 Å². The first-order valence-corrected chi connectivity index (χ1v) is 6.64. The Morgan fingerprint density at radius 2 is 1.84 bits per heavy atom. The number of methoxy groups -OCH3 is 1. The molecule has 1 amide bonds. The Kier molecular flexibility index (Phi) is 5.83. The second-order valence-electron chi connectivity index (χ2n) is 5.01. The van der Waals surface area contributed by atoms with Gasteiger partial charge in [-0.3, -0.25) is 4.79 Å². The predicted octanol–water partition coefficient (Wildman–Crippen LogP) is 2.36. The quantitative estimate of drug-likeness (QED) is 0.742. The lowest BCUT2D eigenvalue weighted by Gasteiger charge is -2.16. The van der Waals surface area contributed by atoms with Gasteiger partial charge in [0.15, 0.2) is 0 Å². The van der Waals surface area contributed by atoms with Gasteiger partial charge in [0.1, 0.15) is 5.75 Å². The third-order valence-corrected chi connectivity index (χ3v) is 3.30. The molecule has 1 unspecified atom stereocenters. The van der Waals surface area contributed by atoms with Crippen LogP contribution in [0.15, 0.2) is 12.1 Å². The summed E-state index contributed by atoms with van der Waals surface area (Å²) in [6, 6.07) is 4.14. The molecule has 0 saturated heterocycles. The van der Waals surface area contributed by atoms with E-state index in [9.17, 15) is 4.79 Å². The van der Waals surface area contributed by atoms with Crippen LogP contribution in [0.5, 0.6) is 5.75 Å². The number of amides is 1. The molecule has 4 nitrogen and oxygen atoms in total. The van der Waals surface area contributed by atoms with Crippen molar-refractivity contribution >= 4 is 5.91 Å². The molecule has 0 aliphatic heterocycles. The fourth-order valence-electron chi connectivity index (χ4n) is 2.35. The molecule has 4 N–H and O–H groups in total. The number of hydrogen-bond acceptors (Lipinski definition) is 3. The summed E-state index contributed by atoms with van der Waals surface area (Å²) in [5, 5.41) is 0. The van der Waals surface area contributed by atoms with Gasteiger partial charge in [0.25, 0.3) is 0 Å². The third-order valence-electron chi connectivity index (χ3n) is 3.30. The number of rotatable bonds is 7. The molecule has 0 bridgehead atoms. The summed E-state index contributed by atoms with van der Waals surface area (Å²) in [6.07, 6.45) is 3.01. The van der Waals surface area contributed by atoms with E-state index in [1.165, 1.54) is 0 Å². The molecule has 0 radical (unpaired) electrons. The molecule has 0 heterocycles. The van der Waals surface area contributed by atoms with Crippen LogP contribution in [0.2, 0.25) is 0 Å². The zero-order chi connectivity index (χ0) is 14.4. The number of benzene rings is 1. The Hall–Kier alpha value is -1.55. The Morgan fingerprint density at radius 3 is 2.32 bits per heavy atom. The monoisotopic (exact) mass is 264 g/mol. The van der Waals surface area contributed by atoms with Crippen LogP contribution in [0, 0.1) is 13.8 Å². The summed E-state index contributed by atoms with van der Waals surface area (Å²) >= 11 is 0. The second kappa shape index (κ2) is 7.14. The summed E-state index contributed by atoms with van der Waals surface area (Å²) in [5.74, 6) is 0.675. The number of carbonyl (C=O) groups excluding carboxylic acids is 1. The van der Waals surface area contributed by atoms with Crippen molar-refractivity contribution in [1.29, 1.82) is 0 Å². The largest absolute Gasteiger partial charge is 0.496 e. The molecule has 0 aliphatic rings. The second-order valence-corrected chi connectivity index (χ2v) is 5.01. The zero-order valence-corrected chi connectivity index (χ0v) is 12.0. The third kappa shape index (κ3) is 4.56. The van der Waals surface area contributed by atoms with Gasteiger partial charge in [0.05, 0.1) is 7.11 Å². The van der Waals surface area contributed by atoms with E-state index in [0.29, 0.717) is 6.42 Å². The molecule has 106 valence electrons. The maximum absolute atomic E-state index is 10.7. The first-order valence-electron chi connectivity index (χ1n) is 6.64. The van der Waals surface area contributed by atoms with Gasteiger partial charge in [-0.25, -0.2) is 0 Å². The van der Waals surface area contributed by atoms with Crippen molar-refractivity contribution in [1.82, 2.24) is 0 Å². The average molecular weight is 264 g/mol. The Bertz CT molecular complexity index is 421. The summed E-state index contributed by atoms with van der Waals surface area (Å²) in [4.78, 5) is 10.7. The molecular weight excluding hydrogens is 240 g/mol. The SMILES string of the molecule is COc1c(C)cc(C(N)CCCCC(N)=O)cc1C. The van der Waals surface area contributed by atoms with E-state index in [4.69, 9.17) is 16.2 Å². The number of hydrogen-bond donors (Lipinski definition) is 2. The van der Waals surface area contributed by atoms with Gasteiger partial charge < -0.3 is 16.2 Å². The van der Waals surface area contributed by atoms with Crippen molar-refractivity contribution in [2.75, 3.05) is 7.11 Å². The molecule has 0 aliphatic carbocycles. The summed E-state index contributed by atoms with van der Waals surface area (Å²) in [7, 11) is 1.68. The van der Waals surface area contributed by atoms with Gasteiger partial charge in [-0.05, 0) is 43.4 Å². The van der Waals surface area contributed by atoms with Crippen LogP contribution in [-0.4, -0.2) is 13.0 Å². The van der Waals surface area contributed by atoms with Crippen molar-refractivity contribution in [2.24, 2.45) is 11.5 Å². The van der Waals surface area contributed by atoms with Gasteiger partial charge in [-0.2, -0.15) is 0 Å². The molecule has 1 aromatic rings. The highest BCUT2D eigenvalue weighted by Gasteiger charge is 2.11. The molecular formula is C15H24N2O2. The fourth-order valence-corrected chi connectivity index (χ4v) is 2.35. The summed E-state index contributed by atoms with van der Waals surface area (Å²) in [5.41, 5.74) is 14.6. The number of ether oxygens (including phenoxy) is 1. The minimum atomic E-state index is -0.246. The van der Waals surface area contributed by atoms with Crippen LogP contribution in [-0.2, 0) is 4.79 Å². The molecule has 0 fully saturated rings. The predicted molar refractivity (Wildman–Crippen MR) is 77.1 cm³/mol. The van der Waals surface area contributed by atoms with Crippen molar-refractivity contribution in [3.63, 3.8) is 0 Å². The molecule has 1 aromatic carbocycles. The maximum atomic E-state index is 10.7. The minimum absolute atomic E-state index is 0.00353. The van der Waals surface area contributed by atoms with Crippen molar-refractivity contribution in [3.05, 3.63) is 28.8 Å². The number of carbonyl (C=O) groups is 1. The van der Waals surface area contributed by atoms with E-state index in [1.54, 1.807) is 7.11 Å². The molecule has 0 spiro atoms. The molecule has 19 heavy (non-hydrogen) atoms. The number of unbranched alkanes of at least 4 members (excludes halogenated alkanes) is 1. The average Bonchev–Trinajstić information content (AvgIpc) is 2.33. The van der Waals surface area contributed by atoms with Gasteiger partial charge in [0.2, 0.25) is 5.91 Å². The highest BCUT2D eigenvalue weighted by atomic mass is 16.5. The molecule has 0 saturated carbocycles. The van der Waals surface area contributed by atoms with Crippen LogP contribution in [0.1, 0.15) is 48.4 Å². The zero-order valence-electron chi connectivity index (χ0n) is 12.0. The summed E-state index contributed by atoms with van der Waals surface area (Å²) < 4.78 is 5.34. The highest BCUT2D eigenvalue weighted by molar-refractivity contribution is 5.73. The van der Waals surface area contributed by atoms with E-state index >= 15 is 0 Å². The Balaban J connectivity index is 2.62. The molecule has 0 aromatic heterocycles. The maximum Gasteiger partial charge on any atom is 0.217 e. The molecule has 1 atom stereocenters. The van der Waals surface area contributed by atoms with Crippen LogP contribution in [0.4, 0.5) is 0 Å². The van der Waals surface area contributed by atoms with E-state index in [1.807, 2.05) is 13.8 Å². The summed E-state index contributed by atoms with van der Waals surface area (Å²) in [6.45, 7) is 4.05. The van der Waals surface area contributed by atoms with Crippen molar-refractivity contribution in [3.8, 4) is 5.75 Å². The van der Waals surface area contributed by atoms with E-state index in [-0.39, 0.29) is 11.9 Å². The molecule has 4 heteroatoms. The smallest absolute Gasteiger partial charge is 0.217 e. The van der Waals surface area contributed by atoms with E-state index in [0.717, 1.165) is 41.7 Å². The van der Waals surface area contributed by atoms with E-state index in [2.05, 4.69) is 12.1 Å². The Morgan fingerprint density at radius 1 is 1.26 bits per heavy atom. The number of nitrogens with two attached hydrogens (primary N) is 2. The van der Waals surface area contributed by atoms with Gasteiger partial charge >= 0.3 is 0 Å². The standard InChI is InChI=1S/C15H24N2O2/c1-10-8-12(9-11(2)15(10)19-3)13(16)6-4-5-7-14(17)18/h8-9,13H,4-7,16H2,1-3H3,(H2,17,18). The first-order chi connectivity index (χ1) is 8.95. The van der Waals surface area contributed by atoms with Crippen LogP contribution < -0.4 is 16.2 Å². The van der Waals surface area contributed by atoms with Gasteiger partial charge in [-0.15, -0.1) is 0 Å². The van der Waals surface area contributed by atoms with Crippen molar-refractivity contribution in [2.45, 2.75) is 45.6 Å². The normalized spacial score (nSPS) is 12.2. The lowest BCUT2D eigenvalue weighted by molar-refractivity contribution is -0.118. The lowest BCUT2D eigenvalue weighted by atomic mass is 9.97. The lowest BCUT2D eigenvalue weighted by Crippen LogP contribution is -2.13. The first kappa shape index (κ1) is 15.5. The number of aryl methyl sites for hydroxylation is 2.